The predicted molar refractivity (Wildman–Crippen MR) is 108 cm³/mol. The summed E-state index contributed by atoms with van der Waals surface area (Å²) >= 11 is 1.50. The molecule has 1 amide bonds. The first kappa shape index (κ1) is 19.2. The Morgan fingerprint density at radius 3 is 2.82 bits per heavy atom. The van der Waals surface area contributed by atoms with E-state index in [0.717, 1.165) is 21.4 Å². The highest BCUT2D eigenvalue weighted by Crippen LogP contribution is 2.29. The highest BCUT2D eigenvalue weighted by Gasteiger charge is 2.06. The van der Waals surface area contributed by atoms with E-state index in [1.807, 2.05) is 42.5 Å². The minimum Gasteiger partial charge on any atom is -0.497 e. The van der Waals surface area contributed by atoms with Crippen LogP contribution < -0.4 is 15.4 Å². The van der Waals surface area contributed by atoms with Crippen molar-refractivity contribution >= 4 is 35.0 Å². The highest BCUT2D eigenvalue weighted by molar-refractivity contribution is 7.99. The van der Waals surface area contributed by atoms with E-state index in [1.165, 1.54) is 11.8 Å². The summed E-state index contributed by atoms with van der Waals surface area (Å²) in [7, 11) is 1.63. The van der Waals surface area contributed by atoms with Crippen LogP contribution in [0, 0.1) is 11.3 Å². The van der Waals surface area contributed by atoms with Crippen LogP contribution in [0.5, 0.6) is 5.75 Å². The lowest BCUT2D eigenvalue weighted by molar-refractivity contribution is -0.115. The molecule has 0 bridgehead atoms. The van der Waals surface area contributed by atoms with Crippen LogP contribution in [0.25, 0.3) is 0 Å². The van der Waals surface area contributed by atoms with Crippen LogP contribution in [0.4, 0.5) is 17.3 Å². The number of carbonyl (C=O) groups excluding carboxylic acids is 1. The molecule has 28 heavy (non-hydrogen) atoms. The second kappa shape index (κ2) is 9.39. The van der Waals surface area contributed by atoms with Gasteiger partial charge in [0.1, 0.15) is 17.2 Å². The van der Waals surface area contributed by atoms with Gasteiger partial charge in [-0.1, -0.05) is 23.9 Å². The molecule has 0 saturated heterocycles. The number of anilines is 3. The number of methoxy groups -OCH3 is 1. The van der Waals surface area contributed by atoms with Gasteiger partial charge in [-0.3, -0.25) is 4.79 Å². The minimum absolute atomic E-state index is 0.190. The van der Waals surface area contributed by atoms with E-state index in [4.69, 9.17) is 10.00 Å². The van der Waals surface area contributed by atoms with Crippen molar-refractivity contribution in [2.24, 2.45) is 0 Å². The van der Waals surface area contributed by atoms with Crippen molar-refractivity contribution in [2.45, 2.75) is 16.3 Å². The molecule has 0 fully saturated rings. The van der Waals surface area contributed by atoms with Gasteiger partial charge < -0.3 is 15.4 Å². The van der Waals surface area contributed by atoms with Crippen LogP contribution in [0.15, 0.2) is 70.7 Å². The Morgan fingerprint density at radius 2 is 2.00 bits per heavy atom. The van der Waals surface area contributed by atoms with Gasteiger partial charge in [-0.2, -0.15) is 5.26 Å². The van der Waals surface area contributed by atoms with Gasteiger partial charge in [-0.15, -0.1) is 0 Å². The molecule has 3 rings (SSSR count). The van der Waals surface area contributed by atoms with Crippen LogP contribution in [-0.4, -0.2) is 23.0 Å². The first-order chi connectivity index (χ1) is 13.7. The summed E-state index contributed by atoms with van der Waals surface area (Å²) in [4.78, 5) is 21.3. The van der Waals surface area contributed by atoms with Gasteiger partial charge >= 0.3 is 0 Å². The number of hydrogen-bond donors (Lipinski definition) is 2. The summed E-state index contributed by atoms with van der Waals surface area (Å²) in [5.74, 6) is 0.869. The van der Waals surface area contributed by atoms with Crippen molar-refractivity contribution in [3.8, 4) is 11.8 Å². The van der Waals surface area contributed by atoms with E-state index >= 15 is 0 Å². The monoisotopic (exact) mass is 391 g/mol. The smallest absolute Gasteiger partial charge is 0.238 e. The van der Waals surface area contributed by atoms with Crippen molar-refractivity contribution in [3.63, 3.8) is 0 Å². The number of nitriles is 1. The fraction of sp³-hybridized carbons (Fsp3) is 0.100. The Bertz CT molecular complexity index is 1020. The lowest BCUT2D eigenvalue weighted by atomic mass is 10.2. The van der Waals surface area contributed by atoms with Crippen LogP contribution in [0.1, 0.15) is 6.42 Å². The van der Waals surface area contributed by atoms with Gasteiger partial charge in [-0.05, 0) is 42.5 Å². The van der Waals surface area contributed by atoms with Crippen LogP contribution in [0.3, 0.4) is 0 Å². The average Bonchev–Trinajstić information content (AvgIpc) is 2.69. The van der Waals surface area contributed by atoms with E-state index in [9.17, 15) is 4.79 Å². The quantitative estimate of drug-likeness (QED) is 0.581. The van der Waals surface area contributed by atoms with Crippen molar-refractivity contribution in [1.82, 2.24) is 9.97 Å². The Kier molecular flexibility index (Phi) is 6.44. The predicted octanol–water partition coefficient (Wildman–Crippen LogP) is 4.23. The second-order valence-corrected chi connectivity index (χ2v) is 6.68. The lowest BCUT2D eigenvalue weighted by Crippen LogP contribution is -2.10. The first-order valence-corrected chi connectivity index (χ1v) is 9.17. The van der Waals surface area contributed by atoms with Crippen LogP contribution in [0.2, 0.25) is 0 Å². The van der Waals surface area contributed by atoms with Crippen molar-refractivity contribution in [2.75, 3.05) is 17.7 Å². The summed E-state index contributed by atoms with van der Waals surface area (Å²) in [6.45, 7) is 0. The molecule has 140 valence electrons. The maximum absolute atomic E-state index is 11.6. The normalized spacial score (nSPS) is 10.0. The van der Waals surface area contributed by atoms with Crippen molar-refractivity contribution in [3.05, 3.63) is 60.8 Å². The SMILES string of the molecule is COc1cccc(Sc2ccnc(Nc3cccc(NC(=O)CC#N)c3)n2)c1. The zero-order valence-electron chi connectivity index (χ0n) is 15.0. The average molecular weight is 391 g/mol. The van der Waals surface area contributed by atoms with Gasteiger partial charge in [0, 0.05) is 22.5 Å². The van der Waals surface area contributed by atoms with Crippen molar-refractivity contribution < 1.29 is 9.53 Å². The molecule has 3 aromatic rings. The summed E-state index contributed by atoms with van der Waals surface area (Å²) in [6.07, 6.45) is 1.49. The maximum atomic E-state index is 11.6. The largest absolute Gasteiger partial charge is 0.497 e. The molecule has 1 heterocycles. The molecule has 0 aliphatic heterocycles. The summed E-state index contributed by atoms with van der Waals surface area (Å²) in [5.41, 5.74) is 1.31. The van der Waals surface area contributed by atoms with Crippen LogP contribution >= 0.6 is 11.8 Å². The highest BCUT2D eigenvalue weighted by atomic mass is 32.2. The Labute approximate surface area is 166 Å². The summed E-state index contributed by atoms with van der Waals surface area (Å²) in [5, 5.41) is 15.1. The third-order valence-corrected chi connectivity index (χ3v) is 4.46. The number of carbonyl (C=O) groups is 1. The second-order valence-electron chi connectivity index (χ2n) is 5.59. The fourth-order valence-electron chi connectivity index (χ4n) is 2.33. The third-order valence-electron chi connectivity index (χ3n) is 3.54. The number of hydrogen-bond acceptors (Lipinski definition) is 7. The number of rotatable bonds is 7. The molecule has 7 nitrogen and oxygen atoms in total. The summed E-state index contributed by atoms with van der Waals surface area (Å²) in [6, 6.07) is 18.5. The fourth-order valence-corrected chi connectivity index (χ4v) is 3.15. The van der Waals surface area contributed by atoms with Crippen molar-refractivity contribution in [1.29, 1.82) is 5.26 Å². The van der Waals surface area contributed by atoms with E-state index in [1.54, 1.807) is 31.5 Å². The molecule has 8 heteroatoms. The number of ether oxygens (including phenoxy) is 1. The van der Waals surface area contributed by atoms with Gasteiger partial charge in [0.2, 0.25) is 11.9 Å². The molecule has 0 aliphatic carbocycles. The molecule has 2 aromatic carbocycles. The van der Waals surface area contributed by atoms with Gasteiger partial charge in [0.05, 0.1) is 13.2 Å². The van der Waals surface area contributed by atoms with Crippen LogP contribution in [-0.2, 0) is 4.79 Å². The molecule has 0 spiro atoms. The molecule has 0 radical (unpaired) electrons. The van der Waals surface area contributed by atoms with Gasteiger partial charge in [0.15, 0.2) is 0 Å². The Morgan fingerprint density at radius 1 is 1.18 bits per heavy atom. The lowest BCUT2D eigenvalue weighted by Gasteiger charge is -2.09. The molecule has 1 aromatic heterocycles. The topological polar surface area (TPSA) is 99.9 Å². The van der Waals surface area contributed by atoms with Gasteiger partial charge in [-0.25, -0.2) is 9.97 Å². The van der Waals surface area contributed by atoms with E-state index in [0.29, 0.717) is 11.6 Å². The Balaban J connectivity index is 1.71. The number of nitrogens with zero attached hydrogens (tertiary/aromatic N) is 3. The molecular formula is C20H17N5O2S. The van der Waals surface area contributed by atoms with Gasteiger partial charge in [0.25, 0.3) is 0 Å². The molecular weight excluding hydrogens is 374 g/mol. The zero-order chi connectivity index (χ0) is 19.8. The van der Waals surface area contributed by atoms with E-state index in [2.05, 4.69) is 20.6 Å². The summed E-state index contributed by atoms with van der Waals surface area (Å²) < 4.78 is 5.24. The molecule has 0 unspecified atom stereocenters. The molecule has 0 saturated carbocycles. The number of amides is 1. The standard InChI is InChI=1S/C20H17N5O2S/c1-27-16-6-3-7-17(13-16)28-19-9-11-22-20(25-19)24-15-5-2-4-14(12-15)23-18(26)8-10-21/h2-7,9,11-13H,8H2,1H3,(H,23,26)(H,22,24,25). The number of nitrogens with one attached hydrogen (secondary N) is 2. The molecule has 0 atom stereocenters. The zero-order valence-corrected chi connectivity index (χ0v) is 15.9. The minimum atomic E-state index is -0.354. The number of aromatic nitrogens is 2. The third kappa shape index (κ3) is 5.46. The van der Waals surface area contributed by atoms with E-state index in [-0.39, 0.29) is 12.3 Å². The molecule has 2 N–H and O–H groups in total. The number of benzene rings is 2. The molecule has 0 aliphatic rings. The Hall–Kier alpha value is -3.57. The first-order valence-electron chi connectivity index (χ1n) is 8.35. The maximum Gasteiger partial charge on any atom is 0.238 e. The van der Waals surface area contributed by atoms with E-state index < -0.39 is 0 Å².